The van der Waals surface area contributed by atoms with Crippen LogP contribution in [-0.4, -0.2) is 36.2 Å². The number of ether oxygens (including phenoxy) is 1. The van der Waals surface area contributed by atoms with Crippen molar-refractivity contribution in [1.82, 2.24) is 5.32 Å². The van der Waals surface area contributed by atoms with E-state index in [1.165, 1.54) is 12.1 Å². The molecule has 4 rings (SSSR count). The summed E-state index contributed by atoms with van der Waals surface area (Å²) in [7, 11) is 0. The molecule has 1 aliphatic rings. The molecule has 3 aromatic carbocycles. The predicted molar refractivity (Wildman–Crippen MR) is 124 cm³/mol. The number of carbonyl (C=O) groups is 3. The number of rotatable bonds is 8. The Hall–Kier alpha value is -4.20. The first kappa shape index (κ1) is 23.0. The van der Waals surface area contributed by atoms with Gasteiger partial charge in [0.15, 0.2) is 5.82 Å². The SMILES string of the molecule is O=C(CCCNC(=O)OCC1c2ccccc2-c2ccccc21)Nc1cccc(C(=O)O)c1F. The van der Waals surface area contributed by atoms with E-state index in [9.17, 15) is 18.8 Å². The summed E-state index contributed by atoms with van der Waals surface area (Å²) in [6.07, 6.45) is -0.265. The quantitative estimate of drug-likeness (QED) is 0.418. The summed E-state index contributed by atoms with van der Waals surface area (Å²) in [5.74, 6) is -2.95. The van der Waals surface area contributed by atoms with Crippen molar-refractivity contribution < 1.29 is 28.6 Å². The van der Waals surface area contributed by atoms with Gasteiger partial charge in [-0.3, -0.25) is 4.79 Å². The fourth-order valence-electron chi connectivity index (χ4n) is 4.10. The number of aromatic carboxylic acids is 1. The third kappa shape index (κ3) is 4.91. The normalized spacial score (nSPS) is 11.9. The van der Waals surface area contributed by atoms with Gasteiger partial charge in [-0.25, -0.2) is 14.0 Å². The number of hydrogen-bond donors (Lipinski definition) is 3. The summed E-state index contributed by atoms with van der Waals surface area (Å²) < 4.78 is 19.5. The molecule has 0 bridgehead atoms. The zero-order chi connectivity index (χ0) is 24.1. The second-order valence-corrected chi connectivity index (χ2v) is 7.88. The van der Waals surface area contributed by atoms with Crippen molar-refractivity contribution in [3.63, 3.8) is 0 Å². The number of carboxylic acids is 1. The Balaban J connectivity index is 1.23. The monoisotopic (exact) mass is 462 g/mol. The predicted octanol–water partition coefficient (Wildman–Crippen LogP) is 4.78. The van der Waals surface area contributed by atoms with E-state index in [0.29, 0.717) is 6.42 Å². The summed E-state index contributed by atoms with van der Waals surface area (Å²) in [4.78, 5) is 35.2. The molecule has 2 amide bonds. The highest BCUT2D eigenvalue weighted by Gasteiger charge is 2.28. The molecule has 34 heavy (non-hydrogen) atoms. The van der Waals surface area contributed by atoms with Crippen LogP contribution in [0.3, 0.4) is 0 Å². The maximum atomic E-state index is 14.1. The molecule has 0 saturated heterocycles. The number of anilines is 1. The van der Waals surface area contributed by atoms with Gasteiger partial charge < -0.3 is 20.5 Å². The molecule has 0 saturated carbocycles. The maximum absolute atomic E-state index is 14.1. The highest BCUT2D eigenvalue weighted by molar-refractivity contribution is 5.94. The van der Waals surface area contributed by atoms with Crippen molar-refractivity contribution in [2.45, 2.75) is 18.8 Å². The lowest BCUT2D eigenvalue weighted by molar-refractivity contribution is -0.116. The molecule has 3 N–H and O–H groups in total. The molecule has 8 heteroatoms. The van der Waals surface area contributed by atoms with Gasteiger partial charge in [0.25, 0.3) is 0 Å². The van der Waals surface area contributed by atoms with Crippen LogP contribution in [0, 0.1) is 5.82 Å². The number of carboxylic acid groups (broad SMARTS) is 1. The molecule has 1 aliphatic carbocycles. The lowest BCUT2D eigenvalue weighted by atomic mass is 9.98. The van der Waals surface area contributed by atoms with Gasteiger partial charge >= 0.3 is 12.1 Å². The van der Waals surface area contributed by atoms with Crippen LogP contribution in [0.15, 0.2) is 66.7 Å². The number of hydrogen-bond acceptors (Lipinski definition) is 4. The Morgan fingerprint density at radius 1 is 0.912 bits per heavy atom. The average Bonchev–Trinajstić information content (AvgIpc) is 3.15. The Kier molecular flexibility index (Phi) is 6.87. The summed E-state index contributed by atoms with van der Waals surface area (Å²) >= 11 is 0. The number of nitrogens with one attached hydrogen (secondary N) is 2. The van der Waals surface area contributed by atoms with Crippen molar-refractivity contribution in [3.05, 3.63) is 89.2 Å². The van der Waals surface area contributed by atoms with E-state index in [1.807, 2.05) is 36.4 Å². The number of amides is 2. The lowest BCUT2D eigenvalue weighted by Crippen LogP contribution is -2.27. The van der Waals surface area contributed by atoms with Crippen LogP contribution in [0.4, 0.5) is 14.9 Å². The third-order valence-electron chi connectivity index (χ3n) is 5.70. The molecular weight excluding hydrogens is 439 g/mol. The molecule has 3 aromatic rings. The first-order valence-corrected chi connectivity index (χ1v) is 10.9. The fraction of sp³-hybridized carbons (Fsp3) is 0.192. The van der Waals surface area contributed by atoms with E-state index < -0.39 is 29.4 Å². The molecule has 0 fully saturated rings. The van der Waals surface area contributed by atoms with Gasteiger partial charge in [-0.1, -0.05) is 54.6 Å². The van der Waals surface area contributed by atoms with Gasteiger partial charge in [0, 0.05) is 18.9 Å². The molecule has 174 valence electrons. The zero-order valence-corrected chi connectivity index (χ0v) is 18.2. The third-order valence-corrected chi connectivity index (χ3v) is 5.70. The lowest BCUT2D eigenvalue weighted by Gasteiger charge is -2.14. The molecule has 0 radical (unpaired) electrons. The van der Waals surface area contributed by atoms with Crippen molar-refractivity contribution in [2.75, 3.05) is 18.5 Å². The van der Waals surface area contributed by atoms with Crippen LogP contribution < -0.4 is 10.6 Å². The van der Waals surface area contributed by atoms with Crippen molar-refractivity contribution in [2.24, 2.45) is 0 Å². The second kappa shape index (κ2) is 10.2. The molecular formula is C26H23FN2O5. The molecule has 0 unspecified atom stereocenters. The summed E-state index contributed by atoms with van der Waals surface area (Å²) in [6, 6.07) is 19.8. The minimum absolute atomic E-state index is 0.0143. The van der Waals surface area contributed by atoms with Crippen LogP contribution in [0.5, 0.6) is 0 Å². The first-order chi connectivity index (χ1) is 16.5. The Bertz CT molecular complexity index is 1200. The van der Waals surface area contributed by atoms with Crippen LogP contribution in [0.2, 0.25) is 0 Å². The van der Waals surface area contributed by atoms with E-state index in [4.69, 9.17) is 9.84 Å². The molecule has 7 nitrogen and oxygen atoms in total. The molecule has 0 aliphatic heterocycles. The smallest absolute Gasteiger partial charge is 0.407 e. The fourth-order valence-corrected chi connectivity index (χ4v) is 4.10. The minimum Gasteiger partial charge on any atom is -0.478 e. The van der Waals surface area contributed by atoms with Gasteiger partial charge in [0.2, 0.25) is 5.91 Å². The van der Waals surface area contributed by atoms with Crippen LogP contribution in [0.1, 0.15) is 40.2 Å². The Morgan fingerprint density at radius 3 is 2.21 bits per heavy atom. The van der Waals surface area contributed by atoms with Gasteiger partial charge in [-0.2, -0.15) is 0 Å². The zero-order valence-electron chi connectivity index (χ0n) is 18.2. The summed E-state index contributed by atoms with van der Waals surface area (Å²) in [5, 5.41) is 13.9. The van der Waals surface area contributed by atoms with E-state index >= 15 is 0 Å². The van der Waals surface area contributed by atoms with Gasteiger partial charge in [0.05, 0.1) is 11.3 Å². The van der Waals surface area contributed by atoms with E-state index in [0.717, 1.165) is 28.3 Å². The van der Waals surface area contributed by atoms with Crippen LogP contribution >= 0.6 is 0 Å². The summed E-state index contributed by atoms with van der Waals surface area (Å²) in [6.45, 7) is 0.390. The summed E-state index contributed by atoms with van der Waals surface area (Å²) in [5.41, 5.74) is 3.80. The van der Waals surface area contributed by atoms with E-state index in [-0.39, 0.29) is 31.2 Å². The van der Waals surface area contributed by atoms with Crippen molar-refractivity contribution >= 4 is 23.7 Å². The number of fused-ring (bicyclic) bond motifs is 3. The van der Waals surface area contributed by atoms with Crippen LogP contribution in [0.25, 0.3) is 11.1 Å². The Labute approximate surface area is 195 Å². The largest absolute Gasteiger partial charge is 0.478 e. The van der Waals surface area contributed by atoms with Gasteiger partial charge in [-0.05, 0) is 40.8 Å². The number of halogens is 1. The number of carbonyl (C=O) groups excluding carboxylic acids is 2. The topological polar surface area (TPSA) is 105 Å². The van der Waals surface area contributed by atoms with E-state index in [2.05, 4.69) is 22.8 Å². The van der Waals surface area contributed by atoms with E-state index in [1.54, 1.807) is 0 Å². The maximum Gasteiger partial charge on any atom is 0.407 e. The highest BCUT2D eigenvalue weighted by Crippen LogP contribution is 2.44. The standard InChI is InChI=1S/C26H23FN2O5/c27-24-20(25(31)32)11-5-12-22(24)29-23(30)13-6-14-28-26(33)34-15-21-18-9-3-1-7-16(18)17-8-2-4-10-19(17)21/h1-5,7-12,21H,6,13-15H2,(H,28,33)(H,29,30)(H,31,32). The highest BCUT2D eigenvalue weighted by atomic mass is 19.1. The minimum atomic E-state index is -1.42. The average molecular weight is 462 g/mol. The number of alkyl carbamates (subject to hydrolysis) is 1. The van der Waals surface area contributed by atoms with Gasteiger partial charge in [-0.15, -0.1) is 0 Å². The molecule has 0 spiro atoms. The number of benzene rings is 3. The van der Waals surface area contributed by atoms with Crippen LogP contribution in [-0.2, 0) is 9.53 Å². The molecule has 0 aromatic heterocycles. The first-order valence-electron chi connectivity index (χ1n) is 10.9. The molecule has 0 heterocycles. The van der Waals surface area contributed by atoms with Crippen molar-refractivity contribution in [3.8, 4) is 11.1 Å². The second-order valence-electron chi connectivity index (χ2n) is 7.88. The van der Waals surface area contributed by atoms with Gasteiger partial charge in [0.1, 0.15) is 6.61 Å². The van der Waals surface area contributed by atoms with Crippen molar-refractivity contribution in [1.29, 1.82) is 0 Å². The Morgan fingerprint density at radius 2 is 1.56 bits per heavy atom. The molecule has 0 atom stereocenters.